The molecule has 2 nitrogen and oxygen atoms in total. The Balaban J connectivity index is 2.85. The van der Waals surface area contributed by atoms with Crippen LogP contribution in [0.15, 0.2) is 12.1 Å². The van der Waals surface area contributed by atoms with Crippen LogP contribution in [-0.2, 0) is 6.42 Å². The molecule has 17 heavy (non-hydrogen) atoms. The average molecular weight is 235 g/mol. The van der Waals surface area contributed by atoms with Crippen molar-refractivity contribution in [1.82, 2.24) is 0 Å². The van der Waals surface area contributed by atoms with E-state index in [-0.39, 0.29) is 6.04 Å². The Morgan fingerprint density at radius 1 is 1.18 bits per heavy atom. The SMILES string of the molecule is CCCOc1c(C)cc(CC(N)CC)cc1C. The van der Waals surface area contributed by atoms with Gasteiger partial charge in [0.25, 0.3) is 0 Å². The average Bonchev–Trinajstić information content (AvgIpc) is 2.28. The second kappa shape index (κ2) is 6.65. The summed E-state index contributed by atoms with van der Waals surface area (Å²) >= 11 is 0. The lowest BCUT2D eigenvalue weighted by molar-refractivity contribution is 0.313. The first-order valence-electron chi connectivity index (χ1n) is 6.57. The van der Waals surface area contributed by atoms with Gasteiger partial charge in [0, 0.05) is 6.04 Å². The molecule has 0 bridgehead atoms. The minimum atomic E-state index is 0.260. The van der Waals surface area contributed by atoms with Gasteiger partial charge in [-0.1, -0.05) is 26.0 Å². The molecule has 1 atom stereocenters. The predicted octanol–water partition coefficient (Wildman–Crippen LogP) is 3.37. The Morgan fingerprint density at radius 3 is 2.24 bits per heavy atom. The van der Waals surface area contributed by atoms with Gasteiger partial charge >= 0.3 is 0 Å². The zero-order chi connectivity index (χ0) is 12.8. The Labute approximate surface area is 105 Å². The Morgan fingerprint density at radius 2 is 1.76 bits per heavy atom. The quantitative estimate of drug-likeness (QED) is 0.820. The lowest BCUT2D eigenvalue weighted by atomic mass is 9.99. The number of benzene rings is 1. The van der Waals surface area contributed by atoms with Gasteiger partial charge in [-0.3, -0.25) is 0 Å². The molecule has 0 fully saturated rings. The molecule has 0 aliphatic rings. The number of rotatable bonds is 6. The molecule has 0 heterocycles. The molecule has 1 aromatic carbocycles. The van der Waals surface area contributed by atoms with Crippen molar-refractivity contribution in [2.75, 3.05) is 6.61 Å². The van der Waals surface area contributed by atoms with Crippen LogP contribution in [0.25, 0.3) is 0 Å². The third-order valence-corrected chi connectivity index (χ3v) is 2.99. The summed E-state index contributed by atoms with van der Waals surface area (Å²) in [6.45, 7) is 9.26. The van der Waals surface area contributed by atoms with Gasteiger partial charge in [0.1, 0.15) is 5.75 Å². The van der Waals surface area contributed by atoms with Crippen LogP contribution in [0.5, 0.6) is 5.75 Å². The topological polar surface area (TPSA) is 35.2 Å². The molecule has 1 rings (SSSR count). The lowest BCUT2D eigenvalue weighted by Crippen LogP contribution is -2.21. The van der Waals surface area contributed by atoms with E-state index < -0.39 is 0 Å². The van der Waals surface area contributed by atoms with E-state index in [1.165, 1.54) is 16.7 Å². The molecule has 0 saturated carbocycles. The van der Waals surface area contributed by atoms with Gasteiger partial charge in [-0.25, -0.2) is 0 Å². The summed E-state index contributed by atoms with van der Waals surface area (Å²) in [6.07, 6.45) is 3.01. The summed E-state index contributed by atoms with van der Waals surface area (Å²) in [7, 11) is 0. The molecule has 0 amide bonds. The maximum absolute atomic E-state index is 5.99. The highest BCUT2D eigenvalue weighted by molar-refractivity contribution is 5.43. The number of hydrogen-bond donors (Lipinski definition) is 1. The highest BCUT2D eigenvalue weighted by atomic mass is 16.5. The smallest absolute Gasteiger partial charge is 0.125 e. The Kier molecular flexibility index (Phi) is 5.49. The van der Waals surface area contributed by atoms with E-state index in [2.05, 4.69) is 39.8 Å². The lowest BCUT2D eigenvalue weighted by Gasteiger charge is -2.15. The first kappa shape index (κ1) is 14.0. The summed E-state index contributed by atoms with van der Waals surface area (Å²) in [5.41, 5.74) is 9.75. The van der Waals surface area contributed by atoms with Crippen molar-refractivity contribution in [2.24, 2.45) is 5.73 Å². The van der Waals surface area contributed by atoms with E-state index in [1.54, 1.807) is 0 Å². The van der Waals surface area contributed by atoms with E-state index in [4.69, 9.17) is 10.5 Å². The van der Waals surface area contributed by atoms with E-state index in [0.29, 0.717) is 0 Å². The van der Waals surface area contributed by atoms with Crippen molar-refractivity contribution < 1.29 is 4.74 Å². The molecule has 0 spiro atoms. The highest BCUT2D eigenvalue weighted by Crippen LogP contribution is 2.25. The first-order chi connectivity index (χ1) is 8.08. The molecule has 0 aliphatic heterocycles. The largest absolute Gasteiger partial charge is 0.493 e. The molecule has 2 N–H and O–H groups in total. The summed E-state index contributed by atoms with van der Waals surface area (Å²) in [6, 6.07) is 4.66. The van der Waals surface area contributed by atoms with E-state index >= 15 is 0 Å². The molecule has 0 aromatic heterocycles. The minimum absolute atomic E-state index is 0.260. The van der Waals surface area contributed by atoms with Crippen molar-refractivity contribution in [3.05, 3.63) is 28.8 Å². The van der Waals surface area contributed by atoms with Crippen molar-refractivity contribution >= 4 is 0 Å². The van der Waals surface area contributed by atoms with Crippen LogP contribution >= 0.6 is 0 Å². The number of nitrogens with two attached hydrogens (primary N) is 1. The summed E-state index contributed by atoms with van der Waals surface area (Å²) in [5, 5.41) is 0. The van der Waals surface area contributed by atoms with Crippen molar-refractivity contribution in [1.29, 1.82) is 0 Å². The van der Waals surface area contributed by atoms with E-state index in [1.807, 2.05) is 0 Å². The van der Waals surface area contributed by atoms with E-state index in [9.17, 15) is 0 Å². The van der Waals surface area contributed by atoms with Crippen molar-refractivity contribution in [3.8, 4) is 5.75 Å². The molecule has 0 radical (unpaired) electrons. The summed E-state index contributed by atoms with van der Waals surface area (Å²) in [5.74, 6) is 1.04. The predicted molar refractivity (Wildman–Crippen MR) is 73.7 cm³/mol. The zero-order valence-corrected chi connectivity index (χ0v) is 11.5. The summed E-state index contributed by atoms with van der Waals surface area (Å²) < 4.78 is 5.77. The highest BCUT2D eigenvalue weighted by Gasteiger charge is 2.08. The third-order valence-electron chi connectivity index (χ3n) is 2.99. The van der Waals surface area contributed by atoms with E-state index in [0.717, 1.165) is 31.6 Å². The monoisotopic (exact) mass is 235 g/mol. The molecule has 1 aromatic rings. The normalized spacial score (nSPS) is 12.5. The molecule has 0 aliphatic carbocycles. The van der Waals surface area contributed by atoms with Crippen LogP contribution in [0.4, 0.5) is 0 Å². The Hall–Kier alpha value is -1.02. The fourth-order valence-electron chi connectivity index (χ4n) is 2.04. The van der Waals surface area contributed by atoms with Gasteiger partial charge in [-0.2, -0.15) is 0 Å². The second-order valence-corrected chi connectivity index (χ2v) is 4.78. The van der Waals surface area contributed by atoms with Gasteiger partial charge in [-0.15, -0.1) is 0 Å². The fourth-order valence-corrected chi connectivity index (χ4v) is 2.04. The van der Waals surface area contributed by atoms with Gasteiger partial charge in [0.05, 0.1) is 6.61 Å². The van der Waals surface area contributed by atoms with Gasteiger partial charge in [0.2, 0.25) is 0 Å². The zero-order valence-electron chi connectivity index (χ0n) is 11.5. The molecular formula is C15H25NO. The molecule has 96 valence electrons. The number of aryl methyl sites for hydroxylation is 2. The Bertz CT molecular complexity index is 337. The minimum Gasteiger partial charge on any atom is -0.493 e. The molecule has 1 unspecified atom stereocenters. The maximum atomic E-state index is 5.99. The van der Waals surface area contributed by atoms with Crippen molar-refractivity contribution in [2.45, 2.75) is 53.0 Å². The molecule has 0 saturated heterocycles. The van der Waals surface area contributed by atoms with Crippen LogP contribution in [0, 0.1) is 13.8 Å². The number of hydrogen-bond acceptors (Lipinski definition) is 2. The van der Waals surface area contributed by atoms with Gasteiger partial charge in [-0.05, 0) is 49.8 Å². The first-order valence-corrected chi connectivity index (χ1v) is 6.57. The van der Waals surface area contributed by atoms with Gasteiger partial charge < -0.3 is 10.5 Å². The van der Waals surface area contributed by atoms with Crippen LogP contribution < -0.4 is 10.5 Å². The van der Waals surface area contributed by atoms with Crippen LogP contribution in [0.2, 0.25) is 0 Å². The molecule has 2 heteroatoms. The third kappa shape index (κ3) is 4.04. The van der Waals surface area contributed by atoms with Crippen LogP contribution in [0.1, 0.15) is 43.4 Å². The van der Waals surface area contributed by atoms with Crippen LogP contribution in [-0.4, -0.2) is 12.6 Å². The van der Waals surface area contributed by atoms with Crippen molar-refractivity contribution in [3.63, 3.8) is 0 Å². The fraction of sp³-hybridized carbons (Fsp3) is 0.600. The summed E-state index contributed by atoms with van der Waals surface area (Å²) in [4.78, 5) is 0. The molecular weight excluding hydrogens is 210 g/mol. The second-order valence-electron chi connectivity index (χ2n) is 4.78. The van der Waals surface area contributed by atoms with Crippen LogP contribution in [0.3, 0.4) is 0 Å². The van der Waals surface area contributed by atoms with Gasteiger partial charge in [0.15, 0.2) is 0 Å². The maximum Gasteiger partial charge on any atom is 0.125 e. The standard InChI is InChI=1S/C15H25NO/c1-5-7-17-15-11(3)8-13(9-12(15)4)10-14(16)6-2/h8-9,14H,5-7,10,16H2,1-4H3. The number of ether oxygens (including phenoxy) is 1.